The summed E-state index contributed by atoms with van der Waals surface area (Å²) in [5.41, 5.74) is 1.06. The van der Waals surface area contributed by atoms with Gasteiger partial charge in [-0.1, -0.05) is 15.9 Å². The number of carboxylic acids is 1. The lowest BCUT2D eigenvalue weighted by Gasteiger charge is -2.21. The van der Waals surface area contributed by atoms with Crippen LogP contribution in [0.2, 0.25) is 0 Å². The van der Waals surface area contributed by atoms with Crippen LogP contribution in [0.15, 0.2) is 22.7 Å². The van der Waals surface area contributed by atoms with Gasteiger partial charge in [-0.25, -0.2) is 0 Å². The first kappa shape index (κ1) is 13.4. The molecule has 0 aliphatic carbocycles. The van der Waals surface area contributed by atoms with Gasteiger partial charge in [0.15, 0.2) is 0 Å². The lowest BCUT2D eigenvalue weighted by molar-refractivity contribution is -0.142. The number of likely N-dealkylation sites (tertiary alicyclic amines) is 1. The SMILES string of the molecule is COc1ccc(Br)c(CN2CCC[C@@H]2C(=O)O)c1. The van der Waals surface area contributed by atoms with Crippen molar-refractivity contribution in [1.29, 1.82) is 0 Å². The van der Waals surface area contributed by atoms with E-state index in [9.17, 15) is 4.79 Å². The number of hydrogen-bond acceptors (Lipinski definition) is 3. The molecule has 1 aromatic carbocycles. The van der Waals surface area contributed by atoms with Crippen LogP contribution in [0.25, 0.3) is 0 Å². The third-order valence-corrected chi connectivity index (χ3v) is 4.05. The number of hydrogen-bond donors (Lipinski definition) is 1. The highest BCUT2D eigenvalue weighted by molar-refractivity contribution is 9.10. The van der Waals surface area contributed by atoms with Crippen molar-refractivity contribution in [3.05, 3.63) is 28.2 Å². The number of carbonyl (C=O) groups is 1. The van der Waals surface area contributed by atoms with Crippen LogP contribution >= 0.6 is 15.9 Å². The second kappa shape index (κ2) is 5.71. The van der Waals surface area contributed by atoms with Gasteiger partial charge in [0, 0.05) is 11.0 Å². The number of aliphatic carboxylic acids is 1. The zero-order chi connectivity index (χ0) is 13.1. The average Bonchev–Trinajstić information content (AvgIpc) is 2.80. The van der Waals surface area contributed by atoms with E-state index in [-0.39, 0.29) is 6.04 Å². The molecule has 1 saturated heterocycles. The predicted molar refractivity (Wildman–Crippen MR) is 71.8 cm³/mol. The Kier molecular flexibility index (Phi) is 4.24. The Bertz CT molecular complexity index is 450. The molecule has 1 heterocycles. The lowest BCUT2D eigenvalue weighted by Crippen LogP contribution is -2.35. The van der Waals surface area contributed by atoms with Crippen molar-refractivity contribution in [3.63, 3.8) is 0 Å². The fourth-order valence-electron chi connectivity index (χ4n) is 2.31. The van der Waals surface area contributed by atoms with Gasteiger partial charge in [0.25, 0.3) is 0 Å². The lowest BCUT2D eigenvalue weighted by atomic mass is 10.1. The summed E-state index contributed by atoms with van der Waals surface area (Å²) in [4.78, 5) is 13.1. The molecule has 0 saturated carbocycles. The smallest absolute Gasteiger partial charge is 0.320 e. The van der Waals surface area contributed by atoms with Crippen LogP contribution in [-0.4, -0.2) is 35.7 Å². The van der Waals surface area contributed by atoms with Crippen molar-refractivity contribution in [2.24, 2.45) is 0 Å². The van der Waals surface area contributed by atoms with Gasteiger partial charge in [-0.3, -0.25) is 9.69 Å². The first-order valence-electron chi connectivity index (χ1n) is 5.91. The van der Waals surface area contributed by atoms with Gasteiger partial charge >= 0.3 is 5.97 Å². The Hall–Kier alpha value is -1.07. The van der Waals surface area contributed by atoms with Crippen molar-refractivity contribution >= 4 is 21.9 Å². The van der Waals surface area contributed by atoms with Crippen LogP contribution in [0.4, 0.5) is 0 Å². The highest BCUT2D eigenvalue weighted by Crippen LogP contribution is 2.27. The average molecular weight is 314 g/mol. The van der Waals surface area contributed by atoms with E-state index in [0.717, 1.165) is 35.2 Å². The van der Waals surface area contributed by atoms with Crippen LogP contribution in [-0.2, 0) is 11.3 Å². The third-order valence-electron chi connectivity index (χ3n) is 3.28. The largest absolute Gasteiger partial charge is 0.497 e. The molecule has 0 unspecified atom stereocenters. The summed E-state index contributed by atoms with van der Waals surface area (Å²) in [6.07, 6.45) is 1.68. The van der Waals surface area contributed by atoms with E-state index in [0.29, 0.717) is 6.54 Å². The standard InChI is InChI=1S/C13H16BrNO3/c1-18-10-4-5-11(14)9(7-10)8-15-6-2-3-12(15)13(16)17/h4-5,7,12H,2-3,6,8H2,1H3,(H,16,17)/t12-/m1/s1. The Labute approximate surface area is 115 Å². The summed E-state index contributed by atoms with van der Waals surface area (Å²) in [5.74, 6) is 0.0609. The van der Waals surface area contributed by atoms with E-state index in [1.165, 1.54) is 0 Å². The molecule has 1 aromatic rings. The molecule has 18 heavy (non-hydrogen) atoms. The van der Waals surface area contributed by atoms with Gasteiger partial charge in [0.1, 0.15) is 11.8 Å². The molecule has 0 amide bonds. The highest BCUT2D eigenvalue weighted by atomic mass is 79.9. The molecule has 0 bridgehead atoms. The van der Waals surface area contributed by atoms with E-state index in [1.807, 2.05) is 23.1 Å². The molecule has 1 fully saturated rings. The molecule has 1 aliphatic heterocycles. The van der Waals surface area contributed by atoms with E-state index in [2.05, 4.69) is 15.9 Å². The number of ether oxygens (including phenoxy) is 1. The van der Waals surface area contributed by atoms with Crippen LogP contribution in [0.5, 0.6) is 5.75 Å². The van der Waals surface area contributed by atoms with E-state index >= 15 is 0 Å². The molecular weight excluding hydrogens is 298 g/mol. The number of benzene rings is 1. The van der Waals surface area contributed by atoms with Crippen LogP contribution in [0.1, 0.15) is 18.4 Å². The molecule has 2 rings (SSSR count). The summed E-state index contributed by atoms with van der Waals surface area (Å²) in [6, 6.07) is 5.40. The Morgan fingerprint density at radius 3 is 3.06 bits per heavy atom. The minimum atomic E-state index is -0.730. The second-order valence-corrected chi connectivity index (χ2v) is 5.28. The molecule has 0 spiro atoms. The maximum Gasteiger partial charge on any atom is 0.320 e. The minimum absolute atomic E-state index is 0.358. The molecule has 0 radical (unpaired) electrons. The summed E-state index contributed by atoms with van der Waals surface area (Å²) in [6.45, 7) is 1.47. The number of nitrogens with zero attached hydrogens (tertiary/aromatic N) is 1. The number of methoxy groups -OCH3 is 1. The number of carboxylic acid groups (broad SMARTS) is 1. The molecule has 98 valence electrons. The topological polar surface area (TPSA) is 49.8 Å². The molecule has 1 atom stereocenters. The van der Waals surface area contributed by atoms with E-state index in [1.54, 1.807) is 7.11 Å². The van der Waals surface area contributed by atoms with Gasteiger partial charge in [-0.05, 0) is 43.1 Å². The third kappa shape index (κ3) is 2.84. The monoisotopic (exact) mass is 313 g/mol. The van der Waals surface area contributed by atoms with Gasteiger partial charge in [-0.15, -0.1) is 0 Å². The molecule has 4 nitrogen and oxygen atoms in total. The summed E-state index contributed by atoms with van der Waals surface area (Å²) in [5, 5.41) is 9.15. The number of rotatable bonds is 4. The zero-order valence-corrected chi connectivity index (χ0v) is 11.8. The Morgan fingerprint density at radius 2 is 2.39 bits per heavy atom. The quantitative estimate of drug-likeness (QED) is 0.928. The molecular formula is C13H16BrNO3. The van der Waals surface area contributed by atoms with Crippen molar-refractivity contribution in [2.75, 3.05) is 13.7 Å². The molecule has 0 aromatic heterocycles. The maximum atomic E-state index is 11.1. The molecule has 1 aliphatic rings. The first-order valence-corrected chi connectivity index (χ1v) is 6.70. The van der Waals surface area contributed by atoms with Crippen LogP contribution < -0.4 is 4.74 Å². The number of halogens is 1. The zero-order valence-electron chi connectivity index (χ0n) is 10.2. The van der Waals surface area contributed by atoms with Crippen molar-refractivity contribution in [3.8, 4) is 5.75 Å². The second-order valence-electron chi connectivity index (χ2n) is 4.42. The fourth-order valence-corrected chi connectivity index (χ4v) is 2.69. The molecule has 5 heteroatoms. The van der Waals surface area contributed by atoms with Gasteiger partial charge < -0.3 is 9.84 Å². The predicted octanol–water partition coefficient (Wildman–Crippen LogP) is 2.51. The van der Waals surface area contributed by atoms with Gasteiger partial charge in [0.05, 0.1) is 7.11 Å². The summed E-state index contributed by atoms with van der Waals surface area (Å²) < 4.78 is 6.18. The van der Waals surface area contributed by atoms with E-state index < -0.39 is 5.97 Å². The van der Waals surface area contributed by atoms with Crippen molar-refractivity contribution in [1.82, 2.24) is 4.90 Å². The minimum Gasteiger partial charge on any atom is -0.497 e. The fraction of sp³-hybridized carbons (Fsp3) is 0.462. The normalized spacial score (nSPS) is 20.0. The van der Waals surface area contributed by atoms with Crippen molar-refractivity contribution < 1.29 is 14.6 Å². The Morgan fingerprint density at radius 1 is 1.61 bits per heavy atom. The van der Waals surface area contributed by atoms with Gasteiger partial charge in [-0.2, -0.15) is 0 Å². The molecule has 1 N–H and O–H groups in total. The maximum absolute atomic E-state index is 11.1. The van der Waals surface area contributed by atoms with Crippen molar-refractivity contribution in [2.45, 2.75) is 25.4 Å². The highest BCUT2D eigenvalue weighted by Gasteiger charge is 2.30. The Balaban J connectivity index is 2.15. The summed E-state index contributed by atoms with van der Waals surface area (Å²) in [7, 11) is 1.63. The van der Waals surface area contributed by atoms with Crippen LogP contribution in [0.3, 0.4) is 0 Å². The van der Waals surface area contributed by atoms with E-state index in [4.69, 9.17) is 9.84 Å². The van der Waals surface area contributed by atoms with Crippen LogP contribution in [0, 0.1) is 0 Å². The first-order chi connectivity index (χ1) is 8.61. The summed E-state index contributed by atoms with van der Waals surface area (Å²) >= 11 is 3.49. The van der Waals surface area contributed by atoms with Gasteiger partial charge in [0.2, 0.25) is 0 Å².